The second-order valence-electron chi connectivity index (χ2n) is 5.84. The molecule has 1 aromatic carbocycles. The minimum Gasteiger partial charge on any atom is -0.322 e. The van der Waals surface area contributed by atoms with Gasteiger partial charge in [-0.05, 0) is 35.1 Å². The highest BCUT2D eigenvalue weighted by Crippen LogP contribution is 2.39. The van der Waals surface area contributed by atoms with Crippen LogP contribution in [-0.4, -0.2) is 28.7 Å². The largest absolute Gasteiger partial charge is 0.322 e. The summed E-state index contributed by atoms with van der Waals surface area (Å²) in [7, 11) is 0. The molecule has 2 aliphatic rings. The van der Waals surface area contributed by atoms with E-state index in [1.165, 1.54) is 11.3 Å². The smallest absolute Gasteiger partial charge is 0.255 e. The van der Waals surface area contributed by atoms with Crippen LogP contribution in [0.3, 0.4) is 0 Å². The van der Waals surface area contributed by atoms with Crippen molar-refractivity contribution >= 4 is 40.7 Å². The first-order chi connectivity index (χ1) is 11.6. The summed E-state index contributed by atoms with van der Waals surface area (Å²) in [5, 5.41) is 4.22. The summed E-state index contributed by atoms with van der Waals surface area (Å²) in [4.78, 5) is 37.8. The maximum atomic E-state index is 12.8. The van der Waals surface area contributed by atoms with Crippen LogP contribution in [0.25, 0.3) is 11.1 Å². The maximum absolute atomic E-state index is 12.8. The van der Waals surface area contributed by atoms with Crippen LogP contribution in [0.4, 0.5) is 0 Å². The third-order valence-corrected chi connectivity index (χ3v) is 5.66. The van der Waals surface area contributed by atoms with E-state index in [1.54, 1.807) is 11.0 Å². The number of carbonyl (C=O) groups excluding carboxylic acids is 3. The van der Waals surface area contributed by atoms with Crippen molar-refractivity contribution in [2.75, 3.05) is 0 Å². The van der Waals surface area contributed by atoms with Crippen molar-refractivity contribution in [2.24, 2.45) is 0 Å². The standard InChI is InChI=1S/C17H13ClN2O3S/c18-15-10(6-7-24-15)9-2-1-3-11-12(9)8-20(17(11)23)13-4-5-14(21)19-16(13)22/h1-3,6-7,13H,4-5,8H2,(H,19,21,22). The van der Waals surface area contributed by atoms with Crippen LogP contribution >= 0.6 is 22.9 Å². The Morgan fingerprint density at radius 2 is 1.92 bits per heavy atom. The van der Waals surface area contributed by atoms with E-state index in [-0.39, 0.29) is 18.2 Å². The van der Waals surface area contributed by atoms with Gasteiger partial charge in [-0.1, -0.05) is 23.7 Å². The molecule has 4 rings (SSSR count). The van der Waals surface area contributed by atoms with Crippen molar-refractivity contribution in [3.63, 3.8) is 0 Å². The molecule has 0 bridgehead atoms. The van der Waals surface area contributed by atoms with E-state index < -0.39 is 11.9 Å². The molecule has 122 valence electrons. The molecule has 7 heteroatoms. The summed E-state index contributed by atoms with van der Waals surface area (Å²) >= 11 is 7.70. The molecule has 1 N–H and O–H groups in total. The molecule has 1 saturated heterocycles. The minimum atomic E-state index is -0.603. The summed E-state index contributed by atoms with van der Waals surface area (Å²) in [6, 6.07) is 6.87. The summed E-state index contributed by atoms with van der Waals surface area (Å²) < 4.78 is 0.676. The van der Waals surface area contributed by atoms with Gasteiger partial charge in [-0.25, -0.2) is 0 Å². The summed E-state index contributed by atoms with van der Waals surface area (Å²) in [5.41, 5.74) is 3.30. The van der Waals surface area contributed by atoms with Crippen molar-refractivity contribution < 1.29 is 14.4 Å². The van der Waals surface area contributed by atoms with E-state index in [4.69, 9.17) is 11.6 Å². The average Bonchev–Trinajstić information content (AvgIpc) is 3.12. The summed E-state index contributed by atoms with van der Waals surface area (Å²) in [6.07, 6.45) is 0.610. The van der Waals surface area contributed by atoms with Crippen molar-refractivity contribution in [1.29, 1.82) is 0 Å². The Kier molecular flexibility index (Phi) is 3.66. The van der Waals surface area contributed by atoms with Crippen LogP contribution in [0.5, 0.6) is 0 Å². The average molecular weight is 361 g/mol. The van der Waals surface area contributed by atoms with Gasteiger partial charge in [0.05, 0.1) is 0 Å². The highest BCUT2D eigenvalue weighted by molar-refractivity contribution is 7.15. The van der Waals surface area contributed by atoms with E-state index in [0.717, 1.165) is 16.7 Å². The predicted octanol–water partition coefficient (Wildman–Crippen LogP) is 2.83. The SMILES string of the molecule is O=C1CCC(N2Cc3c(cccc3-c3ccsc3Cl)C2=O)C(=O)N1. The highest BCUT2D eigenvalue weighted by Gasteiger charge is 2.39. The molecule has 3 amide bonds. The molecule has 0 aliphatic carbocycles. The van der Waals surface area contributed by atoms with Gasteiger partial charge in [0.1, 0.15) is 10.4 Å². The molecule has 5 nitrogen and oxygen atoms in total. The van der Waals surface area contributed by atoms with E-state index in [9.17, 15) is 14.4 Å². The Balaban J connectivity index is 1.72. The first-order valence-corrected chi connectivity index (χ1v) is 8.82. The molecule has 1 atom stereocenters. The Hall–Kier alpha value is -2.18. The second kappa shape index (κ2) is 5.72. The topological polar surface area (TPSA) is 66.5 Å². The van der Waals surface area contributed by atoms with Gasteiger partial charge in [0.25, 0.3) is 5.91 Å². The van der Waals surface area contributed by atoms with Gasteiger partial charge >= 0.3 is 0 Å². The number of nitrogens with zero attached hydrogens (tertiary/aromatic N) is 1. The van der Waals surface area contributed by atoms with Crippen LogP contribution in [0.1, 0.15) is 28.8 Å². The van der Waals surface area contributed by atoms with Crippen molar-refractivity contribution in [3.8, 4) is 11.1 Å². The lowest BCUT2D eigenvalue weighted by Crippen LogP contribution is -2.52. The van der Waals surface area contributed by atoms with Gasteiger partial charge in [0, 0.05) is 24.1 Å². The molecule has 2 aromatic rings. The Labute approximate surface area is 147 Å². The van der Waals surface area contributed by atoms with Gasteiger partial charge in [-0.3, -0.25) is 19.7 Å². The van der Waals surface area contributed by atoms with Crippen LogP contribution in [-0.2, 0) is 16.1 Å². The van der Waals surface area contributed by atoms with Crippen LogP contribution < -0.4 is 5.32 Å². The van der Waals surface area contributed by atoms with Crippen LogP contribution in [0.2, 0.25) is 4.34 Å². The molecule has 0 saturated carbocycles. The van der Waals surface area contributed by atoms with Gasteiger partial charge in [-0.2, -0.15) is 0 Å². The minimum absolute atomic E-state index is 0.173. The molecular formula is C17H13ClN2O3S. The van der Waals surface area contributed by atoms with Crippen molar-refractivity contribution in [2.45, 2.75) is 25.4 Å². The van der Waals surface area contributed by atoms with Crippen molar-refractivity contribution in [3.05, 3.63) is 45.1 Å². The molecule has 0 spiro atoms. The number of nitrogens with one attached hydrogen (secondary N) is 1. The molecule has 1 fully saturated rings. The molecule has 1 aromatic heterocycles. The van der Waals surface area contributed by atoms with Gasteiger partial charge in [0.2, 0.25) is 11.8 Å². The fraction of sp³-hybridized carbons (Fsp3) is 0.235. The highest BCUT2D eigenvalue weighted by atomic mass is 35.5. The van der Waals surface area contributed by atoms with Crippen LogP contribution in [0.15, 0.2) is 29.6 Å². The molecular weight excluding hydrogens is 348 g/mol. The zero-order chi connectivity index (χ0) is 16.8. The number of halogens is 1. The fourth-order valence-electron chi connectivity index (χ4n) is 3.32. The number of rotatable bonds is 2. The lowest BCUT2D eigenvalue weighted by Gasteiger charge is -2.29. The number of fused-ring (bicyclic) bond motifs is 1. The Morgan fingerprint density at radius 1 is 1.12 bits per heavy atom. The molecule has 24 heavy (non-hydrogen) atoms. The van der Waals surface area contributed by atoms with Gasteiger partial charge in [0.15, 0.2) is 0 Å². The number of piperidine rings is 1. The zero-order valence-corrected chi connectivity index (χ0v) is 14.1. The number of amides is 3. The molecule has 2 aliphatic heterocycles. The van der Waals surface area contributed by atoms with E-state index >= 15 is 0 Å². The second-order valence-corrected chi connectivity index (χ2v) is 7.36. The normalized spacial score (nSPS) is 20.3. The lowest BCUT2D eigenvalue weighted by molar-refractivity contribution is -0.136. The first-order valence-electron chi connectivity index (χ1n) is 7.56. The van der Waals surface area contributed by atoms with Gasteiger partial charge < -0.3 is 4.90 Å². The fourth-order valence-corrected chi connectivity index (χ4v) is 4.27. The maximum Gasteiger partial charge on any atom is 0.255 e. The number of thiophene rings is 1. The third kappa shape index (κ3) is 2.34. The zero-order valence-electron chi connectivity index (χ0n) is 12.5. The monoisotopic (exact) mass is 360 g/mol. The van der Waals surface area contributed by atoms with E-state index in [2.05, 4.69) is 5.32 Å². The van der Waals surface area contributed by atoms with Crippen LogP contribution in [0, 0.1) is 0 Å². The Bertz CT molecular complexity index is 876. The first kappa shape index (κ1) is 15.4. The number of hydrogen-bond acceptors (Lipinski definition) is 4. The van der Waals surface area contributed by atoms with Crippen molar-refractivity contribution in [1.82, 2.24) is 10.2 Å². The van der Waals surface area contributed by atoms with Gasteiger partial charge in [-0.15, -0.1) is 11.3 Å². The number of imide groups is 1. The Morgan fingerprint density at radius 3 is 2.62 bits per heavy atom. The lowest BCUT2D eigenvalue weighted by atomic mass is 9.99. The summed E-state index contributed by atoms with van der Waals surface area (Å²) in [5.74, 6) is -0.860. The third-order valence-electron chi connectivity index (χ3n) is 4.49. The summed E-state index contributed by atoms with van der Waals surface area (Å²) in [6.45, 7) is 0.350. The molecule has 3 heterocycles. The van der Waals surface area contributed by atoms with E-state index in [0.29, 0.717) is 22.9 Å². The number of hydrogen-bond donors (Lipinski definition) is 1. The number of carbonyl (C=O) groups is 3. The van der Waals surface area contributed by atoms with E-state index in [1.807, 2.05) is 23.6 Å². The molecule has 0 radical (unpaired) electrons. The number of benzene rings is 1. The molecule has 1 unspecified atom stereocenters. The predicted molar refractivity (Wildman–Crippen MR) is 90.8 cm³/mol. The quantitative estimate of drug-likeness (QED) is 0.837.